The number of nitrogens with one attached hydrogen (secondary N) is 1. The third-order valence-electron chi connectivity index (χ3n) is 4.63. The smallest absolute Gasteiger partial charge is 0.339 e. The number of benzene rings is 2. The molecule has 0 fully saturated rings. The van der Waals surface area contributed by atoms with Gasteiger partial charge in [-0.2, -0.15) is 0 Å². The summed E-state index contributed by atoms with van der Waals surface area (Å²) in [6, 6.07) is 8.88. The predicted octanol–water partition coefficient (Wildman–Crippen LogP) is 5.71. The molecule has 0 radical (unpaired) electrons. The fourth-order valence-electron chi connectivity index (χ4n) is 3.17. The molecule has 0 spiro atoms. The van der Waals surface area contributed by atoms with E-state index in [-0.39, 0.29) is 22.1 Å². The number of amides is 1. The number of hydrogen-bond donors (Lipinski definition) is 2. The molecular formula is C22H15F2NO5S. The number of ether oxygens (including phenoxy) is 1. The van der Waals surface area contributed by atoms with E-state index >= 15 is 0 Å². The van der Waals surface area contributed by atoms with Crippen molar-refractivity contribution >= 4 is 39.9 Å². The van der Waals surface area contributed by atoms with Gasteiger partial charge in [0.15, 0.2) is 5.76 Å². The van der Waals surface area contributed by atoms with Crippen LogP contribution in [-0.4, -0.2) is 24.1 Å². The average Bonchev–Trinajstić information content (AvgIpc) is 3.31. The van der Waals surface area contributed by atoms with Crippen molar-refractivity contribution in [1.29, 1.82) is 0 Å². The van der Waals surface area contributed by atoms with Crippen LogP contribution in [-0.2, 0) is 0 Å². The number of halogens is 2. The molecule has 158 valence electrons. The third kappa shape index (κ3) is 3.75. The molecular weight excluding hydrogens is 428 g/mol. The second kappa shape index (κ2) is 7.84. The Labute approximate surface area is 178 Å². The van der Waals surface area contributed by atoms with Crippen LogP contribution in [0.25, 0.3) is 21.4 Å². The van der Waals surface area contributed by atoms with Gasteiger partial charge in [-0.15, -0.1) is 11.3 Å². The maximum absolute atomic E-state index is 14.5. The number of thiophene rings is 1. The van der Waals surface area contributed by atoms with Crippen LogP contribution >= 0.6 is 11.3 Å². The first kappa shape index (κ1) is 20.5. The number of rotatable bonds is 5. The lowest BCUT2D eigenvalue weighted by Crippen LogP contribution is -2.13. The van der Waals surface area contributed by atoms with Crippen LogP contribution in [0, 0.1) is 18.6 Å². The fourth-order valence-corrected chi connectivity index (χ4v) is 4.21. The summed E-state index contributed by atoms with van der Waals surface area (Å²) in [5.41, 5.74) is 0.435. The van der Waals surface area contributed by atoms with Crippen molar-refractivity contribution in [2.75, 3.05) is 12.4 Å². The van der Waals surface area contributed by atoms with E-state index in [0.29, 0.717) is 11.0 Å². The lowest BCUT2D eigenvalue weighted by atomic mass is 10.1. The molecule has 0 bridgehead atoms. The number of carbonyl (C=O) groups excluding carboxylic acids is 1. The SMILES string of the molecule is COc1cc(F)c(-c2scc(NC(=O)c3cc4ccc(C)cc4o3)c2C(=O)O)c(F)c1. The molecule has 0 aliphatic rings. The summed E-state index contributed by atoms with van der Waals surface area (Å²) >= 11 is 0.797. The van der Waals surface area contributed by atoms with Crippen molar-refractivity contribution in [1.82, 2.24) is 0 Å². The van der Waals surface area contributed by atoms with Gasteiger partial charge in [0.1, 0.15) is 28.5 Å². The summed E-state index contributed by atoms with van der Waals surface area (Å²) in [5, 5.41) is 14.2. The van der Waals surface area contributed by atoms with E-state index in [1.807, 2.05) is 13.0 Å². The number of carboxylic acids is 1. The maximum Gasteiger partial charge on any atom is 0.339 e. The molecule has 31 heavy (non-hydrogen) atoms. The number of carbonyl (C=O) groups is 2. The Hall–Kier alpha value is -3.72. The molecule has 2 N–H and O–H groups in total. The van der Waals surface area contributed by atoms with E-state index in [0.717, 1.165) is 29.0 Å². The molecule has 6 nitrogen and oxygen atoms in total. The van der Waals surface area contributed by atoms with E-state index < -0.39 is 34.6 Å². The number of carboxylic acid groups (broad SMARTS) is 1. The summed E-state index contributed by atoms with van der Waals surface area (Å²) in [5.74, 6) is -4.15. The van der Waals surface area contributed by atoms with E-state index in [1.165, 1.54) is 18.6 Å². The summed E-state index contributed by atoms with van der Waals surface area (Å²) in [4.78, 5) is 24.4. The van der Waals surface area contributed by atoms with Gasteiger partial charge in [-0.1, -0.05) is 12.1 Å². The van der Waals surface area contributed by atoms with Crippen molar-refractivity contribution in [3.8, 4) is 16.2 Å². The van der Waals surface area contributed by atoms with Crippen molar-refractivity contribution in [3.63, 3.8) is 0 Å². The van der Waals surface area contributed by atoms with Crippen LogP contribution in [0.1, 0.15) is 26.5 Å². The average molecular weight is 443 g/mol. The Kier molecular flexibility index (Phi) is 5.20. The lowest BCUT2D eigenvalue weighted by molar-refractivity contribution is 0.0699. The zero-order valence-electron chi connectivity index (χ0n) is 16.3. The topological polar surface area (TPSA) is 88.8 Å². The summed E-state index contributed by atoms with van der Waals surface area (Å²) in [6.45, 7) is 1.88. The number of anilines is 1. The van der Waals surface area contributed by atoms with Crippen LogP contribution in [0.15, 0.2) is 46.2 Å². The first-order valence-electron chi connectivity index (χ1n) is 8.98. The summed E-state index contributed by atoms with van der Waals surface area (Å²) in [7, 11) is 1.26. The van der Waals surface area contributed by atoms with Gasteiger partial charge in [0.2, 0.25) is 0 Å². The van der Waals surface area contributed by atoms with E-state index in [4.69, 9.17) is 9.15 Å². The van der Waals surface area contributed by atoms with Crippen LogP contribution in [0.3, 0.4) is 0 Å². The molecule has 0 saturated carbocycles. The molecule has 0 aliphatic heterocycles. The number of furan rings is 1. The van der Waals surface area contributed by atoms with Crippen LogP contribution < -0.4 is 10.1 Å². The first-order valence-corrected chi connectivity index (χ1v) is 9.86. The highest BCUT2D eigenvalue weighted by atomic mass is 32.1. The zero-order chi connectivity index (χ0) is 22.3. The zero-order valence-corrected chi connectivity index (χ0v) is 17.1. The largest absolute Gasteiger partial charge is 0.497 e. The van der Waals surface area contributed by atoms with E-state index in [2.05, 4.69) is 5.32 Å². The summed E-state index contributed by atoms with van der Waals surface area (Å²) in [6.07, 6.45) is 0. The second-order valence-electron chi connectivity index (χ2n) is 6.73. The molecule has 0 atom stereocenters. The summed E-state index contributed by atoms with van der Waals surface area (Å²) < 4.78 is 39.4. The maximum atomic E-state index is 14.5. The van der Waals surface area contributed by atoms with Crippen molar-refractivity contribution in [2.45, 2.75) is 6.92 Å². The normalized spacial score (nSPS) is 11.0. The Morgan fingerprint density at radius 1 is 1.13 bits per heavy atom. The quantitative estimate of drug-likeness (QED) is 0.413. The lowest BCUT2D eigenvalue weighted by Gasteiger charge is -2.08. The number of fused-ring (bicyclic) bond motifs is 1. The number of methoxy groups -OCH3 is 1. The highest BCUT2D eigenvalue weighted by Crippen LogP contribution is 2.40. The highest BCUT2D eigenvalue weighted by Gasteiger charge is 2.26. The molecule has 0 unspecified atom stereocenters. The number of aryl methyl sites for hydroxylation is 1. The molecule has 9 heteroatoms. The molecule has 0 saturated heterocycles. The van der Waals surface area contributed by atoms with Crippen LogP contribution in [0.4, 0.5) is 14.5 Å². The Morgan fingerprint density at radius 3 is 2.48 bits per heavy atom. The highest BCUT2D eigenvalue weighted by molar-refractivity contribution is 7.14. The fraction of sp³-hybridized carbons (Fsp3) is 0.0909. The second-order valence-corrected chi connectivity index (χ2v) is 7.61. The minimum atomic E-state index is -1.44. The predicted molar refractivity (Wildman–Crippen MR) is 112 cm³/mol. The number of hydrogen-bond acceptors (Lipinski definition) is 5. The van der Waals surface area contributed by atoms with E-state index in [1.54, 1.807) is 12.1 Å². The molecule has 0 aliphatic carbocycles. The Bertz CT molecular complexity index is 1320. The van der Waals surface area contributed by atoms with Gasteiger partial charge in [-0.25, -0.2) is 13.6 Å². The van der Waals surface area contributed by atoms with Gasteiger partial charge >= 0.3 is 5.97 Å². The van der Waals surface area contributed by atoms with Crippen LogP contribution in [0.2, 0.25) is 0 Å². The molecule has 4 aromatic rings. The van der Waals surface area contributed by atoms with Crippen molar-refractivity contribution < 1.29 is 32.6 Å². The first-order chi connectivity index (χ1) is 14.8. The van der Waals surface area contributed by atoms with Gasteiger partial charge in [-0.3, -0.25) is 4.79 Å². The molecule has 1 amide bonds. The van der Waals surface area contributed by atoms with E-state index in [9.17, 15) is 23.5 Å². The van der Waals surface area contributed by atoms with Crippen molar-refractivity contribution in [3.05, 3.63) is 70.3 Å². The molecule has 2 aromatic heterocycles. The third-order valence-corrected chi connectivity index (χ3v) is 5.63. The van der Waals surface area contributed by atoms with Gasteiger partial charge in [0.25, 0.3) is 5.91 Å². The van der Waals surface area contributed by atoms with Gasteiger partial charge in [0, 0.05) is 22.9 Å². The van der Waals surface area contributed by atoms with Gasteiger partial charge in [0.05, 0.1) is 23.2 Å². The Morgan fingerprint density at radius 2 is 1.84 bits per heavy atom. The minimum absolute atomic E-state index is 0.0218. The monoisotopic (exact) mass is 443 g/mol. The Balaban J connectivity index is 1.72. The number of aromatic carboxylic acids is 1. The molecule has 2 aromatic carbocycles. The van der Waals surface area contributed by atoms with Gasteiger partial charge < -0.3 is 19.6 Å². The standard InChI is InChI=1S/C22H15F2NO5S/c1-10-3-4-11-6-17(30-16(11)5-10)21(26)25-15-9-31-20(19(15)22(27)28)18-13(23)7-12(29-2)8-14(18)24/h3-9H,1-2H3,(H,25,26)(H,27,28). The van der Waals surface area contributed by atoms with Crippen molar-refractivity contribution in [2.24, 2.45) is 0 Å². The minimum Gasteiger partial charge on any atom is -0.497 e. The van der Waals surface area contributed by atoms with Crippen LogP contribution in [0.5, 0.6) is 5.75 Å². The molecule has 2 heterocycles. The van der Waals surface area contributed by atoms with Gasteiger partial charge in [-0.05, 0) is 24.6 Å². The molecule has 4 rings (SSSR count).